The van der Waals surface area contributed by atoms with E-state index in [0.29, 0.717) is 63.8 Å². The number of amides is 7. The van der Waals surface area contributed by atoms with Crippen molar-refractivity contribution in [3.05, 3.63) is 138 Å². The first-order chi connectivity index (χ1) is 44.9. The molecule has 7 amide bonds. The van der Waals surface area contributed by atoms with Gasteiger partial charge in [-0.15, -0.1) is 0 Å². The Kier molecular flexibility index (Phi) is 21.7. The molecule has 0 saturated heterocycles. The lowest BCUT2D eigenvalue weighted by molar-refractivity contribution is -0.0442. The van der Waals surface area contributed by atoms with Crippen molar-refractivity contribution in [2.75, 3.05) is 92.9 Å². The third kappa shape index (κ3) is 15.6. The van der Waals surface area contributed by atoms with Crippen LogP contribution in [0.5, 0.6) is 34.5 Å². The number of hydrogen-bond acceptors (Lipinski definition) is 18. The number of benzene rings is 3. The summed E-state index contributed by atoms with van der Waals surface area (Å²) in [5.74, 6) is -3.26. The number of aryl methyl sites for hydroxylation is 2. The molecule has 0 radical (unpaired) electrons. The summed E-state index contributed by atoms with van der Waals surface area (Å²) in [7, 11) is 5.86. The highest BCUT2D eigenvalue weighted by atomic mass is 16.6. The Morgan fingerprint density at radius 3 is 1.82 bits per heavy atom. The largest absolute Gasteiger partial charge is 0.492 e. The molecule has 5 aliphatic rings. The molecule has 27 heteroatoms. The molecule has 5 unspecified atom stereocenters. The molecule has 0 saturated carbocycles. The van der Waals surface area contributed by atoms with E-state index in [1.54, 1.807) is 38.4 Å². The zero-order valence-corrected chi connectivity index (χ0v) is 54.8. The lowest BCUT2D eigenvalue weighted by Gasteiger charge is -2.44. The Morgan fingerprint density at radius 2 is 1.14 bits per heavy atom. The van der Waals surface area contributed by atoms with Crippen LogP contribution in [0.25, 0.3) is 0 Å². The molecule has 8 bridgehead atoms. The molecule has 504 valence electrons. The minimum atomic E-state index is -1.24. The summed E-state index contributed by atoms with van der Waals surface area (Å²) in [6.07, 6.45) is 5.11. The standard InChI is InChI=1S/C67H86N12O15/c1-10-67-37-65(4,22-24-70-61(86)48-20-34-79(7)63(88)54(48)94-67)77-32-30-74-56(81)43-15-16-44(50(92-39-67)49(43)89-8)57(82)72-26-25-68-36-41-11-13-42(14-12-41)55(80)71-27-28-73-59(84)46-18-17-45-51-52(46)93-66(5,38-91-51)40(2)35-64(3,76-31-29-75-58(45)83)21-23-69-60(85)47-19-33-78(6)62(87)53(47)90-9/h11-20,33-34,40,68,76-77H,10,21-32,35-39H2,1-9H3,(H,69,85)(H,70,86)(H,71,80)(H,72,82)(H,73,84)(H,74,81)(H,75,83). The Labute approximate surface area is 544 Å². The van der Waals surface area contributed by atoms with Gasteiger partial charge in [-0.3, -0.25) is 43.2 Å². The second-order valence-electron chi connectivity index (χ2n) is 25.0. The number of carbonyl (C=O) groups excluding carboxylic acids is 7. The predicted molar refractivity (Wildman–Crippen MR) is 348 cm³/mol. The molecule has 3 aromatic carbocycles. The van der Waals surface area contributed by atoms with Crippen molar-refractivity contribution in [1.29, 1.82) is 0 Å². The molecule has 10 rings (SSSR count). The van der Waals surface area contributed by atoms with E-state index < -0.39 is 68.8 Å². The molecule has 0 fully saturated rings. The summed E-state index contributed by atoms with van der Waals surface area (Å²) in [6, 6.07) is 16.1. The molecule has 94 heavy (non-hydrogen) atoms. The maximum atomic E-state index is 14.1. The zero-order valence-electron chi connectivity index (χ0n) is 54.8. The number of rotatable bonds is 18. The summed E-state index contributed by atoms with van der Waals surface area (Å²) >= 11 is 0. The molecule has 0 spiro atoms. The predicted octanol–water partition coefficient (Wildman–Crippen LogP) is 2.47. The third-order valence-electron chi connectivity index (χ3n) is 18.0. The van der Waals surface area contributed by atoms with E-state index in [9.17, 15) is 43.2 Å². The summed E-state index contributed by atoms with van der Waals surface area (Å²) in [4.78, 5) is 122. The highest BCUT2D eigenvalue weighted by Crippen LogP contribution is 2.45. The summed E-state index contributed by atoms with van der Waals surface area (Å²) in [6.45, 7) is 12.6. The maximum Gasteiger partial charge on any atom is 0.293 e. The van der Waals surface area contributed by atoms with Gasteiger partial charge in [-0.2, -0.15) is 0 Å². The molecular weight excluding hydrogens is 1210 g/mol. The molecule has 7 heterocycles. The molecule has 2 aromatic heterocycles. The summed E-state index contributed by atoms with van der Waals surface area (Å²) < 4.78 is 40.2. The monoisotopic (exact) mass is 1300 g/mol. The van der Waals surface area contributed by atoms with Gasteiger partial charge in [0.15, 0.2) is 34.5 Å². The van der Waals surface area contributed by atoms with Crippen molar-refractivity contribution in [1.82, 2.24) is 62.3 Å². The normalized spacial score (nSPS) is 22.1. The lowest BCUT2D eigenvalue weighted by atomic mass is 9.78. The van der Waals surface area contributed by atoms with Crippen molar-refractivity contribution >= 4 is 41.4 Å². The zero-order chi connectivity index (χ0) is 67.5. The maximum absolute atomic E-state index is 14.1. The van der Waals surface area contributed by atoms with Crippen molar-refractivity contribution in [2.45, 2.75) is 95.5 Å². The molecule has 5 aliphatic heterocycles. The van der Waals surface area contributed by atoms with Gasteiger partial charge in [0, 0.05) is 127 Å². The summed E-state index contributed by atoms with van der Waals surface area (Å²) in [5.41, 5.74) is -2.41. The van der Waals surface area contributed by atoms with E-state index >= 15 is 0 Å². The number of carbonyl (C=O) groups is 7. The first kappa shape index (κ1) is 68.9. The van der Waals surface area contributed by atoms with Crippen LogP contribution < -0.4 is 92.7 Å². The highest BCUT2D eigenvalue weighted by molar-refractivity contribution is 6.04. The minimum Gasteiger partial charge on any atom is -0.492 e. The van der Waals surface area contributed by atoms with Crippen LogP contribution in [-0.4, -0.2) is 166 Å². The van der Waals surface area contributed by atoms with Crippen molar-refractivity contribution in [3.8, 4) is 34.5 Å². The van der Waals surface area contributed by atoms with Gasteiger partial charge < -0.3 is 90.7 Å². The van der Waals surface area contributed by atoms with E-state index in [-0.39, 0.29) is 139 Å². The van der Waals surface area contributed by atoms with Crippen LogP contribution in [0.15, 0.2) is 82.6 Å². The number of nitrogens with zero attached hydrogens (tertiary/aromatic N) is 2. The second-order valence-corrected chi connectivity index (χ2v) is 25.0. The van der Waals surface area contributed by atoms with Gasteiger partial charge >= 0.3 is 0 Å². The minimum absolute atomic E-state index is 0.00485. The number of pyridine rings is 2. The number of fused-ring (bicyclic) bond motifs is 13. The average molecular weight is 1300 g/mol. The Morgan fingerprint density at radius 1 is 0.574 bits per heavy atom. The van der Waals surface area contributed by atoms with Gasteiger partial charge in [0.2, 0.25) is 0 Å². The number of ether oxygens (including phenoxy) is 6. The van der Waals surface area contributed by atoms with E-state index in [0.717, 1.165) is 5.56 Å². The second kappa shape index (κ2) is 29.6. The van der Waals surface area contributed by atoms with Crippen LogP contribution in [-0.2, 0) is 20.6 Å². The quantitative estimate of drug-likeness (QED) is 0.0563. The van der Waals surface area contributed by atoms with Crippen molar-refractivity contribution in [2.24, 2.45) is 20.0 Å². The van der Waals surface area contributed by atoms with Gasteiger partial charge in [0.1, 0.15) is 24.4 Å². The SMILES string of the molecule is CCC12COc3c(C(=O)NCCNCc4ccc(C(=O)NCCNC(=O)c5ccc6c7c5OC(C)(CO7)C(C)CC(C)(CCNC(=O)c5ccn(C)c(=O)c5OC)NCCNC6=O)cc4)ccc(c3OC)C(=O)NCCNC(C)(CCNC(=O)c3ccn(C)c(=O)c3O1)C2. The van der Waals surface area contributed by atoms with Crippen LogP contribution in [0.4, 0.5) is 0 Å². The van der Waals surface area contributed by atoms with E-state index in [4.69, 9.17) is 28.4 Å². The fourth-order valence-electron chi connectivity index (χ4n) is 12.2. The highest BCUT2D eigenvalue weighted by Gasteiger charge is 2.46. The molecule has 10 N–H and O–H groups in total. The fourth-order valence-corrected chi connectivity index (χ4v) is 12.2. The van der Waals surface area contributed by atoms with Gasteiger partial charge in [0.05, 0.1) is 47.6 Å². The molecule has 0 aliphatic carbocycles. The van der Waals surface area contributed by atoms with Crippen LogP contribution in [0.2, 0.25) is 0 Å². The molecule has 27 nitrogen and oxygen atoms in total. The Balaban J connectivity index is 0.775. The first-order valence-corrected chi connectivity index (χ1v) is 31.7. The number of methoxy groups -OCH3 is 2. The van der Waals surface area contributed by atoms with E-state index in [2.05, 4.69) is 53.2 Å². The molecular formula is C67H86N12O15. The van der Waals surface area contributed by atoms with Gasteiger partial charge in [-0.1, -0.05) is 26.0 Å². The van der Waals surface area contributed by atoms with E-state index in [1.165, 1.54) is 72.1 Å². The number of hydrogen-bond donors (Lipinski definition) is 10. The topological polar surface area (TPSA) is 339 Å². The van der Waals surface area contributed by atoms with Crippen molar-refractivity contribution < 1.29 is 62.0 Å². The van der Waals surface area contributed by atoms with Gasteiger partial charge in [0.25, 0.3) is 52.5 Å². The number of aromatic nitrogens is 2. The lowest BCUT2D eigenvalue weighted by Crippen LogP contribution is -2.56. The smallest absolute Gasteiger partial charge is 0.293 e. The fraction of sp³-hybridized carbons (Fsp3) is 0.478. The number of nitrogens with one attached hydrogen (secondary N) is 10. The Hall–Kier alpha value is -9.47. The molecule has 5 atom stereocenters. The summed E-state index contributed by atoms with van der Waals surface area (Å²) in [5, 5.41) is 30.8. The van der Waals surface area contributed by atoms with Gasteiger partial charge in [-0.25, -0.2) is 0 Å². The third-order valence-corrected chi connectivity index (χ3v) is 18.0. The average Bonchev–Trinajstić information content (AvgIpc) is 0.953. The van der Waals surface area contributed by atoms with Crippen LogP contribution in [0.1, 0.15) is 145 Å². The van der Waals surface area contributed by atoms with Crippen LogP contribution >= 0.6 is 0 Å². The van der Waals surface area contributed by atoms with Gasteiger partial charge in [-0.05, 0) is 101 Å². The van der Waals surface area contributed by atoms with Crippen LogP contribution in [0.3, 0.4) is 0 Å². The molecule has 5 aromatic rings. The Bertz CT molecular complexity index is 3820. The van der Waals surface area contributed by atoms with Crippen LogP contribution in [0, 0.1) is 5.92 Å². The van der Waals surface area contributed by atoms with E-state index in [1.807, 2.05) is 34.6 Å². The van der Waals surface area contributed by atoms with Crippen molar-refractivity contribution in [3.63, 3.8) is 0 Å². The first-order valence-electron chi connectivity index (χ1n) is 31.7.